The highest BCUT2D eigenvalue weighted by molar-refractivity contribution is 7.18. The van der Waals surface area contributed by atoms with Crippen LogP contribution in [-0.4, -0.2) is 4.98 Å². The molecule has 2 rings (SSSR count). The van der Waals surface area contributed by atoms with Crippen molar-refractivity contribution in [2.75, 3.05) is 0 Å². The van der Waals surface area contributed by atoms with Gasteiger partial charge in [-0.3, -0.25) is 0 Å². The van der Waals surface area contributed by atoms with Crippen LogP contribution in [0.1, 0.15) is 37.3 Å². The number of aryl methyl sites for hydroxylation is 1. The molecule has 0 aliphatic rings. The van der Waals surface area contributed by atoms with Gasteiger partial charge in [-0.05, 0) is 18.1 Å². The van der Waals surface area contributed by atoms with Crippen LogP contribution in [0.2, 0.25) is 0 Å². The molecule has 0 bridgehead atoms. The van der Waals surface area contributed by atoms with E-state index in [9.17, 15) is 0 Å². The topological polar surface area (TPSA) is 12.9 Å². The quantitative estimate of drug-likeness (QED) is 0.722. The molecule has 2 aromatic rings. The Morgan fingerprint density at radius 1 is 1.36 bits per heavy atom. The summed E-state index contributed by atoms with van der Waals surface area (Å²) < 4.78 is 1.37. The van der Waals surface area contributed by atoms with E-state index in [1.807, 2.05) is 11.3 Å². The molecule has 0 saturated heterocycles. The van der Waals surface area contributed by atoms with Gasteiger partial charge in [0.05, 0.1) is 15.2 Å². The van der Waals surface area contributed by atoms with Crippen molar-refractivity contribution in [3.05, 3.63) is 28.8 Å². The number of benzene rings is 1. The molecule has 0 amide bonds. The molecule has 74 valence electrons. The summed E-state index contributed by atoms with van der Waals surface area (Å²) in [6.07, 6.45) is 1.09. The fourth-order valence-electron chi connectivity index (χ4n) is 1.55. The van der Waals surface area contributed by atoms with Crippen LogP contribution in [0.25, 0.3) is 10.2 Å². The predicted molar refractivity (Wildman–Crippen MR) is 63.1 cm³/mol. The Kier molecular flexibility index (Phi) is 2.55. The number of fused-ring (bicyclic) bond motifs is 1. The first kappa shape index (κ1) is 9.66. The maximum Gasteiger partial charge on any atom is 0.0964 e. The van der Waals surface area contributed by atoms with E-state index in [-0.39, 0.29) is 0 Å². The lowest BCUT2D eigenvalue weighted by atomic mass is 10.1. The molecule has 0 spiro atoms. The Morgan fingerprint density at radius 2 is 2.14 bits per heavy atom. The standard InChI is InChI=1S/C12H15NS/c1-4-9-6-5-7-10-11(9)14-12(13-10)8(2)3/h5-8H,4H2,1-3H3. The molecule has 1 aromatic carbocycles. The average molecular weight is 205 g/mol. The third-order valence-corrected chi connectivity index (χ3v) is 3.84. The van der Waals surface area contributed by atoms with Gasteiger partial charge in [-0.1, -0.05) is 32.9 Å². The molecular formula is C12H15NS. The summed E-state index contributed by atoms with van der Waals surface area (Å²) in [7, 11) is 0. The van der Waals surface area contributed by atoms with Crippen molar-refractivity contribution < 1.29 is 0 Å². The number of hydrogen-bond donors (Lipinski definition) is 0. The first-order valence-corrected chi connectivity index (χ1v) is 5.92. The van der Waals surface area contributed by atoms with E-state index in [1.165, 1.54) is 15.3 Å². The molecule has 0 unspecified atom stereocenters. The van der Waals surface area contributed by atoms with E-state index in [1.54, 1.807) is 0 Å². The molecule has 1 nitrogen and oxygen atoms in total. The normalized spacial score (nSPS) is 11.4. The number of aromatic nitrogens is 1. The third-order valence-electron chi connectivity index (χ3n) is 2.39. The Bertz CT molecular complexity index is 443. The largest absolute Gasteiger partial charge is 0.241 e. The van der Waals surface area contributed by atoms with Gasteiger partial charge in [0.2, 0.25) is 0 Å². The number of rotatable bonds is 2. The van der Waals surface area contributed by atoms with Gasteiger partial charge in [-0.2, -0.15) is 0 Å². The fourth-order valence-corrected chi connectivity index (χ4v) is 2.70. The second-order valence-electron chi connectivity index (χ2n) is 3.83. The van der Waals surface area contributed by atoms with Gasteiger partial charge in [0.25, 0.3) is 0 Å². The molecule has 1 heterocycles. The van der Waals surface area contributed by atoms with Crippen LogP contribution in [-0.2, 0) is 6.42 Å². The van der Waals surface area contributed by atoms with E-state index >= 15 is 0 Å². The van der Waals surface area contributed by atoms with Crippen LogP contribution in [0.3, 0.4) is 0 Å². The number of nitrogens with zero attached hydrogens (tertiary/aromatic N) is 1. The third kappa shape index (κ3) is 1.55. The first-order valence-electron chi connectivity index (χ1n) is 5.10. The highest BCUT2D eigenvalue weighted by Crippen LogP contribution is 2.29. The van der Waals surface area contributed by atoms with E-state index in [0.29, 0.717) is 5.92 Å². The molecule has 0 radical (unpaired) electrons. The highest BCUT2D eigenvalue weighted by Gasteiger charge is 2.08. The minimum absolute atomic E-state index is 0.539. The minimum Gasteiger partial charge on any atom is -0.241 e. The van der Waals surface area contributed by atoms with Crippen LogP contribution in [0, 0.1) is 0 Å². The molecule has 14 heavy (non-hydrogen) atoms. The lowest BCUT2D eigenvalue weighted by molar-refractivity contribution is 0.857. The van der Waals surface area contributed by atoms with Crippen molar-refractivity contribution in [1.82, 2.24) is 4.98 Å². The van der Waals surface area contributed by atoms with Crippen LogP contribution in [0.15, 0.2) is 18.2 Å². The Morgan fingerprint density at radius 3 is 2.79 bits per heavy atom. The molecule has 0 atom stereocenters. The zero-order valence-corrected chi connectivity index (χ0v) is 9.69. The van der Waals surface area contributed by atoms with Gasteiger partial charge >= 0.3 is 0 Å². The summed E-state index contributed by atoms with van der Waals surface area (Å²) in [5.74, 6) is 0.539. The van der Waals surface area contributed by atoms with Crippen molar-refractivity contribution in [3.8, 4) is 0 Å². The second kappa shape index (κ2) is 3.70. The van der Waals surface area contributed by atoms with Crippen LogP contribution < -0.4 is 0 Å². The van der Waals surface area contributed by atoms with E-state index < -0.39 is 0 Å². The minimum atomic E-state index is 0.539. The summed E-state index contributed by atoms with van der Waals surface area (Å²) in [5.41, 5.74) is 2.59. The van der Waals surface area contributed by atoms with Gasteiger partial charge in [0, 0.05) is 5.92 Å². The zero-order chi connectivity index (χ0) is 10.1. The average Bonchev–Trinajstić information content (AvgIpc) is 2.60. The molecule has 0 saturated carbocycles. The van der Waals surface area contributed by atoms with Gasteiger partial charge in [-0.25, -0.2) is 4.98 Å². The van der Waals surface area contributed by atoms with Crippen molar-refractivity contribution in [3.63, 3.8) is 0 Å². The Hall–Kier alpha value is -0.890. The van der Waals surface area contributed by atoms with Crippen LogP contribution in [0.4, 0.5) is 0 Å². The van der Waals surface area contributed by atoms with Crippen molar-refractivity contribution >= 4 is 21.6 Å². The van der Waals surface area contributed by atoms with Crippen LogP contribution in [0.5, 0.6) is 0 Å². The van der Waals surface area contributed by atoms with Gasteiger partial charge in [0.15, 0.2) is 0 Å². The summed E-state index contributed by atoms with van der Waals surface area (Å²) in [6, 6.07) is 6.41. The van der Waals surface area contributed by atoms with Gasteiger partial charge in [-0.15, -0.1) is 11.3 Å². The molecule has 2 heteroatoms. The molecule has 0 aliphatic heterocycles. The van der Waals surface area contributed by atoms with Crippen molar-refractivity contribution in [2.24, 2.45) is 0 Å². The second-order valence-corrected chi connectivity index (χ2v) is 4.86. The molecular weight excluding hydrogens is 190 g/mol. The molecule has 0 aliphatic carbocycles. The lowest BCUT2D eigenvalue weighted by Gasteiger charge is -1.95. The van der Waals surface area contributed by atoms with Crippen LogP contribution >= 0.6 is 11.3 Å². The zero-order valence-electron chi connectivity index (χ0n) is 8.87. The monoisotopic (exact) mass is 205 g/mol. The number of hydrogen-bond acceptors (Lipinski definition) is 2. The SMILES string of the molecule is CCc1cccc2nc(C(C)C)sc12. The van der Waals surface area contributed by atoms with Crippen molar-refractivity contribution in [2.45, 2.75) is 33.1 Å². The maximum atomic E-state index is 4.64. The molecule has 1 aromatic heterocycles. The molecule has 0 N–H and O–H groups in total. The fraction of sp³-hybridized carbons (Fsp3) is 0.417. The van der Waals surface area contributed by atoms with E-state index in [0.717, 1.165) is 11.9 Å². The highest BCUT2D eigenvalue weighted by atomic mass is 32.1. The van der Waals surface area contributed by atoms with Gasteiger partial charge in [0.1, 0.15) is 0 Å². The van der Waals surface area contributed by atoms with Crippen molar-refractivity contribution in [1.29, 1.82) is 0 Å². The van der Waals surface area contributed by atoms with Gasteiger partial charge < -0.3 is 0 Å². The lowest BCUT2D eigenvalue weighted by Crippen LogP contribution is -1.82. The summed E-state index contributed by atoms with van der Waals surface area (Å²) >= 11 is 1.85. The predicted octanol–water partition coefficient (Wildman–Crippen LogP) is 3.98. The smallest absolute Gasteiger partial charge is 0.0964 e. The first-order chi connectivity index (χ1) is 6.72. The van der Waals surface area contributed by atoms with E-state index in [2.05, 4.69) is 44.0 Å². The number of thiazole rings is 1. The Balaban J connectivity index is 2.64. The summed E-state index contributed by atoms with van der Waals surface area (Å²) in [6.45, 7) is 6.59. The summed E-state index contributed by atoms with van der Waals surface area (Å²) in [4.78, 5) is 4.64. The summed E-state index contributed by atoms with van der Waals surface area (Å²) in [5, 5.41) is 1.25. The Labute approximate surface area is 88.8 Å². The van der Waals surface area contributed by atoms with E-state index in [4.69, 9.17) is 0 Å². The molecule has 0 fully saturated rings. The maximum absolute atomic E-state index is 4.64.